The van der Waals surface area contributed by atoms with Gasteiger partial charge in [0.2, 0.25) is 6.79 Å². The molecule has 0 unspecified atom stereocenters. The summed E-state index contributed by atoms with van der Waals surface area (Å²) in [5, 5.41) is 0. The van der Waals surface area contributed by atoms with E-state index in [2.05, 4.69) is 0 Å². The van der Waals surface area contributed by atoms with Gasteiger partial charge < -0.3 is 14.2 Å². The molecule has 3 aromatic rings. The predicted molar refractivity (Wildman–Crippen MR) is 109 cm³/mol. The fraction of sp³-hybridized carbons (Fsp3) is 0.200. The summed E-state index contributed by atoms with van der Waals surface area (Å²) in [5.41, 5.74) is 1.36. The zero-order valence-electron chi connectivity index (χ0n) is 16.2. The zero-order valence-corrected chi connectivity index (χ0v) is 16.2. The van der Waals surface area contributed by atoms with Crippen LogP contribution in [0.1, 0.15) is 24.0 Å². The van der Waals surface area contributed by atoms with Crippen LogP contribution in [0, 0.1) is 5.82 Å². The Morgan fingerprint density at radius 3 is 2.57 bits per heavy atom. The van der Waals surface area contributed by atoms with E-state index < -0.39 is 5.82 Å². The van der Waals surface area contributed by atoms with Crippen LogP contribution in [-0.4, -0.2) is 6.79 Å². The highest BCUT2D eigenvalue weighted by atomic mass is 19.1. The van der Waals surface area contributed by atoms with Crippen LogP contribution in [-0.2, 0) is 11.8 Å². The summed E-state index contributed by atoms with van der Waals surface area (Å²) in [7, 11) is 0. The van der Waals surface area contributed by atoms with Crippen molar-refractivity contribution in [2.24, 2.45) is 0 Å². The summed E-state index contributed by atoms with van der Waals surface area (Å²) >= 11 is 0. The van der Waals surface area contributed by atoms with Gasteiger partial charge in [0, 0.05) is 11.8 Å². The molecule has 0 saturated heterocycles. The van der Waals surface area contributed by atoms with Crippen LogP contribution in [0.25, 0.3) is 0 Å². The van der Waals surface area contributed by atoms with Gasteiger partial charge in [-0.15, -0.1) is 0 Å². The average molecular weight is 406 g/mol. The molecule has 3 nitrogen and oxygen atoms in total. The van der Waals surface area contributed by atoms with Crippen molar-refractivity contribution in [3.8, 4) is 23.0 Å². The number of allylic oxidation sites excluding steroid dienone is 2. The molecule has 0 amide bonds. The molecule has 5 heteroatoms. The first-order valence-corrected chi connectivity index (χ1v) is 9.90. The molecule has 5 rings (SSSR count). The second-order valence-corrected chi connectivity index (χ2v) is 7.67. The molecule has 1 fully saturated rings. The minimum Gasteiger partial charge on any atom is -0.454 e. The lowest BCUT2D eigenvalue weighted by molar-refractivity contribution is 0.174. The molecule has 0 bridgehead atoms. The first kappa shape index (κ1) is 18.7. The largest absolute Gasteiger partial charge is 0.454 e. The van der Waals surface area contributed by atoms with Gasteiger partial charge in [-0.1, -0.05) is 30.3 Å². The third-order valence-electron chi connectivity index (χ3n) is 5.51. The third kappa shape index (κ3) is 3.75. The number of hydrogen-bond donors (Lipinski definition) is 0. The van der Waals surface area contributed by atoms with E-state index in [-0.39, 0.29) is 30.2 Å². The summed E-state index contributed by atoms with van der Waals surface area (Å²) in [6.45, 7) is 0.216. The Balaban J connectivity index is 1.34. The summed E-state index contributed by atoms with van der Waals surface area (Å²) in [6, 6.07) is 19.2. The Bertz CT molecular complexity index is 1100. The smallest absolute Gasteiger partial charge is 0.231 e. The lowest BCUT2D eigenvalue weighted by atomic mass is 9.94. The molecule has 0 radical (unpaired) electrons. The lowest BCUT2D eigenvalue weighted by Gasteiger charge is -2.13. The quantitative estimate of drug-likeness (QED) is 0.469. The van der Waals surface area contributed by atoms with Crippen LogP contribution in [0.4, 0.5) is 8.78 Å². The topological polar surface area (TPSA) is 27.7 Å². The number of benzene rings is 3. The summed E-state index contributed by atoms with van der Waals surface area (Å²) < 4.78 is 45.5. The summed E-state index contributed by atoms with van der Waals surface area (Å²) in [6.07, 6.45) is 3.53. The van der Waals surface area contributed by atoms with Crippen LogP contribution in [0.5, 0.6) is 23.0 Å². The average Bonchev–Trinajstić information content (AvgIpc) is 3.37. The number of ether oxygens (including phenoxy) is 3. The van der Waals surface area contributed by atoms with Crippen LogP contribution in [0.3, 0.4) is 0 Å². The molecular weight excluding hydrogens is 386 g/mol. The van der Waals surface area contributed by atoms with Crippen molar-refractivity contribution in [2.45, 2.75) is 24.7 Å². The second kappa shape index (κ2) is 7.48. The monoisotopic (exact) mass is 406 g/mol. The first-order valence-electron chi connectivity index (χ1n) is 9.90. The minimum atomic E-state index is -0.481. The van der Waals surface area contributed by atoms with Crippen molar-refractivity contribution in [1.82, 2.24) is 0 Å². The van der Waals surface area contributed by atoms with Gasteiger partial charge in [-0.05, 0) is 66.4 Å². The number of rotatable bonds is 6. The second-order valence-electron chi connectivity index (χ2n) is 7.67. The van der Waals surface area contributed by atoms with Crippen molar-refractivity contribution < 1.29 is 23.0 Å². The third-order valence-corrected chi connectivity index (χ3v) is 5.51. The number of halogens is 2. The molecule has 0 spiro atoms. The van der Waals surface area contributed by atoms with Gasteiger partial charge in [0.05, 0.1) is 0 Å². The molecule has 1 heterocycles. The Hall–Kier alpha value is -3.34. The highest BCUT2D eigenvalue weighted by Crippen LogP contribution is 2.52. The Morgan fingerprint density at radius 2 is 1.77 bits per heavy atom. The summed E-state index contributed by atoms with van der Waals surface area (Å²) in [5.74, 6) is 1.31. The van der Waals surface area contributed by atoms with E-state index in [4.69, 9.17) is 14.2 Å². The van der Waals surface area contributed by atoms with Gasteiger partial charge in [0.1, 0.15) is 11.6 Å². The standard InChI is InChI=1S/C25H20F2O3/c26-19(15-25(10-11-25)18-7-9-22-24(14-18)29-16-28-22)12-17-6-8-21(27)23(13-17)30-20-4-2-1-3-5-20/h1-9,13-15H,10-12,16H2/b19-15+. The van der Waals surface area contributed by atoms with Crippen LogP contribution < -0.4 is 14.2 Å². The molecular formula is C25H20F2O3. The van der Waals surface area contributed by atoms with Crippen molar-refractivity contribution >= 4 is 0 Å². The van der Waals surface area contributed by atoms with E-state index in [0.717, 1.165) is 24.2 Å². The van der Waals surface area contributed by atoms with Gasteiger partial charge in [-0.2, -0.15) is 0 Å². The van der Waals surface area contributed by atoms with Crippen molar-refractivity contribution in [2.75, 3.05) is 6.79 Å². The van der Waals surface area contributed by atoms with Crippen LogP contribution >= 0.6 is 0 Å². The predicted octanol–water partition coefficient (Wildman–Crippen LogP) is 6.47. The van der Waals surface area contributed by atoms with Crippen LogP contribution in [0.2, 0.25) is 0 Å². The van der Waals surface area contributed by atoms with Gasteiger partial charge >= 0.3 is 0 Å². The van der Waals surface area contributed by atoms with E-state index in [0.29, 0.717) is 17.1 Å². The van der Waals surface area contributed by atoms with Gasteiger partial charge in [-0.25, -0.2) is 8.78 Å². The molecule has 152 valence electrons. The number of hydrogen-bond acceptors (Lipinski definition) is 3. The fourth-order valence-electron chi connectivity index (χ4n) is 3.75. The molecule has 30 heavy (non-hydrogen) atoms. The molecule has 2 aliphatic rings. The Labute approximate surface area is 173 Å². The maximum atomic E-state index is 14.9. The molecule has 1 saturated carbocycles. The van der Waals surface area contributed by atoms with Crippen molar-refractivity contribution in [3.05, 3.63) is 95.6 Å². The zero-order chi connectivity index (χ0) is 20.6. The molecule has 0 atom stereocenters. The van der Waals surface area contributed by atoms with E-state index in [1.165, 1.54) is 6.07 Å². The highest BCUT2D eigenvalue weighted by Gasteiger charge is 2.43. The SMILES string of the molecule is F/C(=C/C1(c2ccc3c(c2)OCO3)CC1)Cc1ccc(F)c(Oc2ccccc2)c1. The fourth-order valence-corrected chi connectivity index (χ4v) is 3.75. The van der Waals surface area contributed by atoms with Gasteiger partial charge in [0.25, 0.3) is 0 Å². The number of para-hydroxylation sites is 1. The Morgan fingerprint density at radius 1 is 0.967 bits per heavy atom. The van der Waals surface area contributed by atoms with E-state index in [9.17, 15) is 8.78 Å². The molecule has 3 aromatic carbocycles. The van der Waals surface area contributed by atoms with Crippen molar-refractivity contribution in [3.63, 3.8) is 0 Å². The van der Waals surface area contributed by atoms with E-state index >= 15 is 0 Å². The summed E-state index contributed by atoms with van der Waals surface area (Å²) in [4.78, 5) is 0. The van der Waals surface area contributed by atoms with E-state index in [1.807, 2.05) is 36.4 Å². The maximum absolute atomic E-state index is 14.9. The Kier molecular flexibility index (Phi) is 4.66. The number of fused-ring (bicyclic) bond motifs is 1. The lowest BCUT2D eigenvalue weighted by Crippen LogP contribution is -2.04. The van der Waals surface area contributed by atoms with Crippen LogP contribution in [0.15, 0.2) is 78.6 Å². The van der Waals surface area contributed by atoms with Gasteiger partial charge in [-0.3, -0.25) is 0 Å². The molecule has 1 aliphatic carbocycles. The molecule has 0 N–H and O–H groups in total. The normalized spacial score (nSPS) is 16.4. The minimum absolute atomic E-state index is 0.0811. The molecule has 1 aliphatic heterocycles. The highest BCUT2D eigenvalue weighted by molar-refractivity contribution is 5.50. The maximum Gasteiger partial charge on any atom is 0.231 e. The van der Waals surface area contributed by atoms with Gasteiger partial charge in [0.15, 0.2) is 23.1 Å². The molecule has 0 aromatic heterocycles. The van der Waals surface area contributed by atoms with Crippen molar-refractivity contribution in [1.29, 1.82) is 0 Å². The van der Waals surface area contributed by atoms with E-state index in [1.54, 1.807) is 30.3 Å². The first-order chi connectivity index (χ1) is 14.6.